The molecule has 0 aromatic heterocycles. The summed E-state index contributed by atoms with van der Waals surface area (Å²) in [6, 6.07) is 22.3. The first kappa shape index (κ1) is 20.0. The highest BCUT2D eigenvalue weighted by atomic mass is 35.5. The lowest BCUT2D eigenvalue weighted by atomic mass is 9.80. The predicted octanol–water partition coefficient (Wildman–Crippen LogP) is 2.82. The number of benzene rings is 3. The van der Waals surface area contributed by atoms with Gasteiger partial charge in [-0.2, -0.15) is 10.5 Å². The van der Waals surface area contributed by atoms with Crippen molar-refractivity contribution < 1.29 is 15.2 Å². The van der Waals surface area contributed by atoms with Crippen molar-refractivity contribution in [2.24, 2.45) is 0 Å². The second-order valence-corrected chi connectivity index (χ2v) is 5.87. The van der Waals surface area contributed by atoms with Crippen LogP contribution in [0.15, 0.2) is 66.7 Å². The third kappa shape index (κ3) is 5.60. The number of aromatic hydroxyl groups is 1. The fraction of sp³-hybridized carbons (Fsp3) is 0. The maximum atomic E-state index is 9.30. The number of hydrogen-bond acceptors (Lipinski definition) is 5. The van der Waals surface area contributed by atoms with E-state index in [1.165, 1.54) is 24.3 Å². The summed E-state index contributed by atoms with van der Waals surface area (Å²) in [6.45, 7) is 0. The van der Waals surface area contributed by atoms with Gasteiger partial charge in [0.2, 0.25) is 0 Å². The van der Waals surface area contributed by atoms with Crippen molar-refractivity contribution in [3.8, 4) is 29.0 Å². The first-order chi connectivity index (χ1) is 12.9. The Balaban J connectivity index is 0.000000208. The van der Waals surface area contributed by atoms with Crippen molar-refractivity contribution in [3.63, 3.8) is 0 Å². The minimum absolute atomic E-state index is 0.0686. The van der Waals surface area contributed by atoms with Crippen LogP contribution in [0.25, 0.3) is 11.1 Å². The number of nitrogens with zero attached hydrogens (tertiary/aromatic N) is 2. The lowest BCUT2D eigenvalue weighted by Gasteiger charge is -2.03. The van der Waals surface area contributed by atoms with Crippen LogP contribution in [0.1, 0.15) is 11.1 Å². The van der Waals surface area contributed by atoms with Gasteiger partial charge in [-0.1, -0.05) is 41.9 Å². The summed E-state index contributed by atoms with van der Waals surface area (Å²) >= 11 is 5.82. The topological polar surface area (TPSA) is 108 Å². The van der Waals surface area contributed by atoms with Gasteiger partial charge in [0, 0.05) is 0 Å². The molecule has 0 radical (unpaired) electrons. The predicted molar refractivity (Wildman–Crippen MR) is 104 cm³/mol. The first-order valence-electron chi connectivity index (χ1n) is 7.80. The van der Waals surface area contributed by atoms with Crippen LogP contribution in [0.3, 0.4) is 0 Å². The fourth-order valence-corrected chi connectivity index (χ4v) is 2.33. The molecule has 0 atom stereocenters. The normalized spacial score (nSPS) is 9.37. The average molecular weight is 377 g/mol. The molecule has 132 valence electrons. The monoisotopic (exact) mass is 376 g/mol. The van der Waals surface area contributed by atoms with Crippen molar-refractivity contribution in [3.05, 3.63) is 82.9 Å². The molecule has 0 aliphatic carbocycles. The van der Waals surface area contributed by atoms with E-state index in [1.807, 2.05) is 18.2 Å². The second-order valence-electron chi connectivity index (χ2n) is 5.46. The van der Waals surface area contributed by atoms with Crippen molar-refractivity contribution in [1.29, 1.82) is 10.5 Å². The number of rotatable bonds is 2. The summed E-state index contributed by atoms with van der Waals surface area (Å²) in [6.07, 6.45) is 0. The molecule has 0 fully saturated rings. The minimum atomic E-state index is -1.46. The highest BCUT2D eigenvalue weighted by Crippen LogP contribution is 2.29. The standard InChI is InChI=1S/C13H8ClNO.C7H6BNO2/c14-12-7-11(5-6-13(12)16)10-3-1-9(8-15)2-4-10;9-5-6-1-3-7(4-2-6)8(10)11/h1-7,16H;1-4,10-11H. The van der Waals surface area contributed by atoms with E-state index in [0.717, 1.165) is 11.1 Å². The summed E-state index contributed by atoms with van der Waals surface area (Å²) in [5.41, 5.74) is 3.39. The van der Waals surface area contributed by atoms with Crippen LogP contribution >= 0.6 is 11.6 Å². The molecule has 27 heavy (non-hydrogen) atoms. The van der Waals surface area contributed by atoms with Gasteiger partial charge in [-0.3, -0.25) is 0 Å². The zero-order valence-corrected chi connectivity index (χ0v) is 14.8. The molecule has 0 aliphatic heterocycles. The summed E-state index contributed by atoms with van der Waals surface area (Å²) in [4.78, 5) is 0. The van der Waals surface area contributed by atoms with Crippen molar-refractivity contribution in [1.82, 2.24) is 0 Å². The summed E-state index contributed by atoms with van der Waals surface area (Å²) in [7, 11) is -1.46. The molecule has 0 aliphatic rings. The number of hydrogen-bond donors (Lipinski definition) is 3. The average Bonchev–Trinajstić information content (AvgIpc) is 2.70. The van der Waals surface area contributed by atoms with Gasteiger partial charge >= 0.3 is 7.12 Å². The third-order valence-corrected chi connectivity index (χ3v) is 3.94. The van der Waals surface area contributed by atoms with Crippen LogP contribution in [-0.4, -0.2) is 22.3 Å². The van der Waals surface area contributed by atoms with Gasteiger partial charge in [-0.25, -0.2) is 0 Å². The number of halogens is 1. The molecular weight excluding hydrogens is 362 g/mol. The zero-order valence-electron chi connectivity index (χ0n) is 14.0. The summed E-state index contributed by atoms with van der Waals surface area (Å²) < 4.78 is 0. The van der Waals surface area contributed by atoms with E-state index in [9.17, 15) is 5.11 Å². The molecule has 0 unspecified atom stereocenters. The Kier molecular flexibility index (Phi) is 6.99. The molecule has 3 rings (SSSR count). The highest BCUT2D eigenvalue weighted by Gasteiger charge is 2.09. The maximum absolute atomic E-state index is 9.30. The molecule has 0 spiro atoms. The quantitative estimate of drug-likeness (QED) is 0.596. The smallest absolute Gasteiger partial charge is 0.488 e. The fourth-order valence-electron chi connectivity index (χ4n) is 2.15. The molecule has 5 nitrogen and oxygen atoms in total. The zero-order chi connectivity index (χ0) is 19.8. The van der Waals surface area contributed by atoms with Crippen LogP contribution in [0.2, 0.25) is 5.02 Å². The third-order valence-electron chi connectivity index (χ3n) is 3.63. The van der Waals surface area contributed by atoms with E-state index >= 15 is 0 Å². The number of phenolic OH excluding ortho intramolecular Hbond substituents is 1. The van der Waals surface area contributed by atoms with Crippen LogP contribution in [0.4, 0.5) is 0 Å². The van der Waals surface area contributed by atoms with E-state index < -0.39 is 7.12 Å². The Morgan fingerprint density at radius 1 is 0.741 bits per heavy atom. The van der Waals surface area contributed by atoms with Crippen molar-refractivity contribution in [2.75, 3.05) is 0 Å². The van der Waals surface area contributed by atoms with Gasteiger partial charge in [0.1, 0.15) is 5.75 Å². The van der Waals surface area contributed by atoms with E-state index in [4.69, 9.17) is 32.2 Å². The van der Waals surface area contributed by atoms with Gasteiger partial charge in [-0.15, -0.1) is 0 Å². The van der Waals surface area contributed by atoms with E-state index in [1.54, 1.807) is 30.3 Å². The molecular formula is C20H14BClN2O3. The van der Waals surface area contributed by atoms with E-state index in [-0.39, 0.29) is 5.75 Å². The molecule has 0 saturated carbocycles. The molecule has 7 heteroatoms. The molecule has 0 amide bonds. The van der Waals surface area contributed by atoms with Crippen molar-refractivity contribution in [2.45, 2.75) is 0 Å². The Bertz CT molecular complexity index is 992. The Labute approximate surface area is 162 Å². The van der Waals surface area contributed by atoms with E-state index in [0.29, 0.717) is 21.6 Å². The molecule has 3 N–H and O–H groups in total. The molecule has 0 heterocycles. The molecule has 3 aromatic carbocycles. The van der Waals surface area contributed by atoms with Gasteiger partial charge in [-0.05, 0) is 53.0 Å². The molecule has 3 aromatic rings. The van der Waals surface area contributed by atoms with Gasteiger partial charge in [0.15, 0.2) is 0 Å². The Hall–Kier alpha value is -3.29. The van der Waals surface area contributed by atoms with Gasteiger partial charge in [0.25, 0.3) is 0 Å². The largest absolute Gasteiger partial charge is 0.506 e. The molecule has 0 bridgehead atoms. The first-order valence-corrected chi connectivity index (χ1v) is 8.17. The highest BCUT2D eigenvalue weighted by molar-refractivity contribution is 6.58. The number of phenols is 1. The maximum Gasteiger partial charge on any atom is 0.488 e. The van der Waals surface area contributed by atoms with Crippen LogP contribution in [0.5, 0.6) is 5.75 Å². The number of nitriles is 2. The van der Waals surface area contributed by atoms with Crippen LogP contribution in [0, 0.1) is 22.7 Å². The Morgan fingerprint density at radius 2 is 1.22 bits per heavy atom. The van der Waals surface area contributed by atoms with Crippen LogP contribution in [-0.2, 0) is 0 Å². The van der Waals surface area contributed by atoms with E-state index in [2.05, 4.69) is 6.07 Å². The SMILES string of the molecule is N#Cc1ccc(-c2ccc(O)c(Cl)c2)cc1.N#Cc1ccc(B(O)O)cc1. The molecule has 0 saturated heterocycles. The van der Waals surface area contributed by atoms with Gasteiger partial charge < -0.3 is 15.2 Å². The second kappa shape index (κ2) is 9.42. The lowest BCUT2D eigenvalue weighted by molar-refractivity contribution is 0.426. The lowest BCUT2D eigenvalue weighted by Crippen LogP contribution is -2.29. The summed E-state index contributed by atoms with van der Waals surface area (Å²) in [5.74, 6) is 0.0686. The van der Waals surface area contributed by atoms with Crippen LogP contribution < -0.4 is 5.46 Å². The van der Waals surface area contributed by atoms with Crippen molar-refractivity contribution >= 4 is 24.2 Å². The Morgan fingerprint density at radius 3 is 1.67 bits per heavy atom. The minimum Gasteiger partial charge on any atom is -0.506 e. The van der Waals surface area contributed by atoms with Gasteiger partial charge in [0.05, 0.1) is 28.3 Å². The summed E-state index contributed by atoms with van der Waals surface area (Å²) in [5, 5.41) is 44.0.